The third-order valence-electron chi connectivity index (χ3n) is 4.45. The molecule has 0 unspecified atom stereocenters. The molecule has 0 atom stereocenters. The minimum atomic E-state index is -0.246. The van der Waals surface area contributed by atoms with Gasteiger partial charge in [-0.3, -0.25) is 14.5 Å². The number of nitrogens with one attached hydrogen (secondary N) is 1. The normalized spacial score (nSPS) is 15.0. The number of aromatic nitrogens is 2. The molecule has 1 aliphatic rings. The molecule has 8 nitrogen and oxygen atoms in total. The molecule has 1 aliphatic heterocycles. The zero-order valence-corrected chi connectivity index (χ0v) is 15.2. The van der Waals surface area contributed by atoms with Crippen LogP contribution in [-0.4, -0.2) is 40.7 Å². The molecule has 2 aromatic rings. The Kier molecular flexibility index (Phi) is 5.72. The van der Waals surface area contributed by atoms with E-state index in [0.717, 1.165) is 31.6 Å². The lowest BCUT2D eigenvalue weighted by atomic mass is 10.1. The molecule has 26 heavy (non-hydrogen) atoms. The second-order valence-electron chi connectivity index (χ2n) is 6.53. The molecular weight excluding hydrogens is 336 g/mol. The molecule has 0 bridgehead atoms. The van der Waals surface area contributed by atoms with E-state index in [4.69, 9.17) is 9.26 Å². The lowest BCUT2D eigenvalue weighted by molar-refractivity contribution is -0.116. The number of pyridine rings is 1. The van der Waals surface area contributed by atoms with E-state index in [1.807, 2.05) is 0 Å². The molecule has 1 N–H and O–H groups in total. The van der Waals surface area contributed by atoms with Crippen molar-refractivity contribution in [3.63, 3.8) is 0 Å². The van der Waals surface area contributed by atoms with Crippen molar-refractivity contribution in [1.82, 2.24) is 14.6 Å². The Morgan fingerprint density at radius 2 is 2.08 bits per heavy atom. The van der Waals surface area contributed by atoms with Crippen molar-refractivity contribution in [3.8, 4) is 5.75 Å². The summed E-state index contributed by atoms with van der Waals surface area (Å²) in [7, 11) is 1.45. The van der Waals surface area contributed by atoms with Gasteiger partial charge in [-0.2, -0.15) is 0 Å². The van der Waals surface area contributed by atoms with Gasteiger partial charge in [0.15, 0.2) is 11.6 Å². The van der Waals surface area contributed by atoms with Crippen molar-refractivity contribution in [2.24, 2.45) is 0 Å². The summed E-state index contributed by atoms with van der Waals surface area (Å²) in [5.74, 6) is 0.968. The zero-order chi connectivity index (χ0) is 18.5. The maximum absolute atomic E-state index is 12.4. The summed E-state index contributed by atoms with van der Waals surface area (Å²) in [6, 6.07) is 3.21. The molecule has 0 aromatic carbocycles. The first kappa shape index (κ1) is 18.2. The summed E-state index contributed by atoms with van der Waals surface area (Å²) in [4.78, 5) is 26.8. The smallest absolute Gasteiger partial charge is 0.245 e. The van der Waals surface area contributed by atoms with Gasteiger partial charge in [-0.1, -0.05) is 11.6 Å². The van der Waals surface area contributed by atoms with Gasteiger partial charge < -0.3 is 19.1 Å². The van der Waals surface area contributed by atoms with E-state index >= 15 is 0 Å². The molecular formula is C18H24N4O4. The van der Waals surface area contributed by atoms with Crippen molar-refractivity contribution in [1.29, 1.82) is 0 Å². The molecule has 2 aromatic heterocycles. The SMILES string of the molecule is COc1cn(CC(=O)Nc2cc(C)on2)c(CN2CCCCC2)cc1=O. The summed E-state index contributed by atoms with van der Waals surface area (Å²) in [6.45, 7) is 4.46. The van der Waals surface area contributed by atoms with Crippen LogP contribution in [-0.2, 0) is 17.9 Å². The first-order valence-corrected chi connectivity index (χ1v) is 8.78. The minimum Gasteiger partial charge on any atom is -0.491 e. The molecule has 1 saturated heterocycles. The van der Waals surface area contributed by atoms with Gasteiger partial charge in [0.1, 0.15) is 12.3 Å². The summed E-state index contributed by atoms with van der Waals surface area (Å²) < 4.78 is 11.8. The van der Waals surface area contributed by atoms with Crippen LogP contribution in [0.3, 0.4) is 0 Å². The first-order valence-electron chi connectivity index (χ1n) is 8.78. The van der Waals surface area contributed by atoms with Crippen LogP contribution in [0.2, 0.25) is 0 Å². The predicted molar refractivity (Wildman–Crippen MR) is 96.3 cm³/mol. The van der Waals surface area contributed by atoms with E-state index in [1.54, 1.807) is 29.8 Å². The monoisotopic (exact) mass is 360 g/mol. The Morgan fingerprint density at radius 3 is 2.73 bits per heavy atom. The molecule has 0 saturated carbocycles. The molecule has 0 spiro atoms. The van der Waals surface area contributed by atoms with E-state index < -0.39 is 0 Å². The van der Waals surface area contributed by atoms with Crippen molar-refractivity contribution in [3.05, 3.63) is 40.0 Å². The summed E-state index contributed by atoms with van der Waals surface area (Å²) in [6.07, 6.45) is 5.15. The third-order valence-corrected chi connectivity index (χ3v) is 4.45. The number of anilines is 1. The number of carbonyl (C=O) groups is 1. The second kappa shape index (κ2) is 8.18. The summed E-state index contributed by atoms with van der Waals surface area (Å²) in [5, 5.41) is 6.46. The van der Waals surface area contributed by atoms with Crippen molar-refractivity contribution < 1.29 is 14.1 Å². The Bertz CT molecular complexity index is 821. The van der Waals surface area contributed by atoms with Crippen LogP contribution in [0.25, 0.3) is 0 Å². The van der Waals surface area contributed by atoms with Crippen molar-refractivity contribution >= 4 is 11.7 Å². The fraction of sp³-hybridized carbons (Fsp3) is 0.500. The van der Waals surface area contributed by atoms with Crippen LogP contribution in [0.5, 0.6) is 5.75 Å². The van der Waals surface area contributed by atoms with Crippen LogP contribution in [0, 0.1) is 6.92 Å². The topological polar surface area (TPSA) is 89.6 Å². The Morgan fingerprint density at radius 1 is 1.31 bits per heavy atom. The number of amides is 1. The van der Waals surface area contributed by atoms with Gasteiger partial charge in [0.05, 0.1) is 13.3 Å². The Hall–Kier alpha value is -2.61. The number of hydrogen-bond acceptors (Lipinski definition) is 6. The van der Waals surface area contributed by atoms with Crippen LogP contribution in [0.1, 0.15) is 30.7 Å². The highest BCUT2D eigenvalue weighted by Gasteiger charge is 2.16. The zero-order valence-electron chi connectivity index (χ0n) is 15.2. The van der Waals surface area contributed by atoms with Crippen LogP contribution in [0.15, 0.2) is 27.6 Å². The molecule has 1 fully saturated rings. The highest BCUT2D eigenvalue weighted by molar-refractivity contribution is 5.89. The van der Waals surface area contributed by atoms with Crippen LogP contribution in [0.4, 0.5) is 5.82 Å². The molecule has 0 radical (unpaired) electrons. The van der Waals surface area contributed by atoms with Crippen LogP contribution < -0.4 is 15.5 Å². The standard InChI is InChI=1S/C18H24N4O4/c1-13-8-17(20-26-13)19-18(24)12-22-11-16(25-2)15(23)9-14(22)10-21-6-4-3-5-7-21/h8-9,11H,3-7,10,12H2,1-2H3,(H,19,20,24). The van der Waals surface area contributed by atoms with E-state index in [9.17, 15) is 9.59 Å². The van der Waals surface area contributed by atoms with Gasteiger partial charge in [0.2, 0.25) is 11.3 Å². The number of methoxy groups -OCH3 is 1. The molecule has 1 amide bonds. The average Bonchev–Trinajstić information content (AvgIpc) is 3.02. The number of aryl methyl sites for hydroxylation is 1. The predicted octanol–water partition coefficient (Wildman–Crippen LogP) is 1.78. The average molecular weight is 360 g/mol. The van der Waals surface area contributed by atoms with E-state index in [2.05, 4.69) is 15.4 Å². The van der Waals surface area contributed by atoms with Gasteiger partial charge in [-0.25, -0.2) is 0 Å². The number of nitrogens with zero attached hydrogens (tertiary/aromatic N) is 3. The Labute approximate surface area is 151 Å². The van der Waals surface area contributed by atoms with Gasteiger partial charge in [0.25, 0.3) is 0 Å². The van der Waals surface area contributed by atoms with Gasteiger partial charge >= 0.3 is 0 Å². The number of likely N-dealkylation sites (tertiary alicyclic amines) is 1. The van der Waals surface area contributed by atoms with E-state index in [0.29, 0.717) is 18.1 Å². The highest BCUT2D eigenvalue weighted by atomic mass is 16.5. The van der Waals surface area contributed by atoms with Crippen molar-refractivity contribution in [2.75, 3.05) is 25.5 Å². The van der Waals surface area contributed by atoms with Gasteiger partial charge in [-0.15, -0.1) is 0 Å². The molecule has 0 aliphatic carbocycles. The largest absolute Gasteiger partial charge is 0.491 e. The highest BCUT2D eigenvalue weighted by Crippen LogP contribution is 2.15. The number of rotatable bonds is 6. The second-order valence-corrected chi connectivity index (χ2v) is 6.53. The number of carbonyl (C=O) groups excluding carboxylic acids is 1. The fourth-order valence-corrected chi connectivity index (χ4v) is 3.14. The maximum Gasteiger partial charge on any atom is 0.245 e. The Balaban J connectivity index is 1.78. The minimum absolute atomic E-state index is 0.0612. The van der Waals surface area contributed by atoms with E-state index in [-0.39, 0.29) is 23.6 Å². The molecule has 140 valence electrons. The number of piperidine rings is 1. The fourth-order valence-electron chi connectivity index (χ4n) is 3.14. The lowest BCUT2D eigenvalue weighted by Gasteiger charge is -2.27. The summed E-state index contributed by atoms with van der Waals surface area (Å²) in [5.41, 5.74) is 0.618. The van der Waals surface area contributed by atoms with Gasteiger partial charge in [-0.05, 0) is 32.9 Å². The van der Waals surface area contributed by atoms with Crippen LogP contribution >= 0.6 is 0 Å². The van der Waals surface area contributed by atoms with Crippen molar-refractivity contribution in [2.45, 2.75) is 39.3 Å². The number of ether oxygens (including phenoxy) is 1. The third kappa shape index (κ3) is 4.51. The number of hydrogen-bond donors (Lipinski definition) is 1. The molecule has 3 rings (SSSR count). The van der Waals surface area contributed by atoms with E-state index in [1.165, 1.54) is 13.5 Å². The molecule has 3 heterocycles. The maximum atomic E-state index is 12.4. The lowest BCUT2D eigenvalue weighted by Crippen LogP contribution is -2.32. The summed E-state index contributed by atoms with van der Waals surface area (Å²) >= 11 is 0. The molecule has 8 heteroatoms. The first-order chi connectivity index (χ1) is 12.5. The van der Waals surface area contributed by atoms with Gasteiger partial charge in [0, 0.05) is 24.4 Å². The quantitative estimate of drug-likeness (QED) is 0.845.